The summed E-state index contributed by atoms with van der Waals surface area (Å²) in [5.74, 6) is -0.947. The number of nitrogens with zero attached hydrogens (tertiary/aromatic N) is 1. The lowest BCUT2D eigenvalue weighted by Gasteiger charge is -2.21. The van der Waals surface area contributed by atoms with Crippen molar-refractivity contribution >= 4 is 23.3 Å². The van der Waals surface area contributed by atoms with E-state index in [2.05, 4.69) is 0 Å². The van der Waals surface area contributed by atoms with Gasteiger partial charge in [0.2, 0.25) is 0 Å². The van der Waals surface area contributed by atoms with Gasteiger partial charge in [-0.2, -0.15) is 0 Å². The molecule has 0 amide bonds. The number of carboxylic acid groups (broad SMARTS) is 1. The van der Waals surface area contributed by atoms with Gasteiger partial charge in [-0.15, -0.1) is 0 Å². The van der Waals surface area contributed by atoms with E-state index in [9.17, 15) is 4.79 Å². The maximum absolute atomic E-state index is 11.0. The largest absolute Gasteiger partial charge is 0.480 e. The summed E-state index contributed by atoms with van der Waals surface area (Å²) < 4.78 is 0. The number of carboxylic acids is 1. The van der Waals surface area contributed by atoms with E-state index in [0.717, 1.165) is 5.69 Å². The van der Waals surface area contributed by atoms with Crippen molar-refractivity contribution in [1.82, 2.24) is 0 Å². The molecule has 1 aromatic rings. The molecule has 1 saturated heterocycles. The molecule has 86 valence electrons. The number of aliphatic carboxylic acids is 1. The van der Waals surface area contributed by atoms with Gasteiger partial charge in [0.15, 0.2) is 0 Å². The van der Waals surface area contributed by atoms with Crippen LogP contribution in [-0.2, 0) is 4.79 Å². The Morgan fingerprint density at radius 2 is 2.31 bits per heavy atom. The summed E-state index contributed by atoms with van der Waals surface area (Å²) in [6, 6.07) is 7.34. The topological polar surface area (TPSA) is 66.6 Å². The molecule has 0 saturated carbocycles. The van der Waals surface area contributed by atoms with E-state index in [-0.39, 0.29) is 0 Å². The van der Waals surface area contributed by atoms with Crippen molar-refractivity contribution in [2.45, 2.75) is 12.0 Å². The quantitative estimate of drug-likeness (QED) is 0.819. The van der Waals surface area contributed by atoms with E-state index in [1.807, 2.05) is 23.1 Å². The summed E-state index contributed by atoms with van der Waals surface area (Å²) in [6.45, 7) is 0.964. The lowest BCUT2D eigenvalue weighted by Crippen LogP contribution is -2.50. The summed E-state index contributed by atoms with van der Waals surface area (Å²) in [5, 5.41) is 9.66. The molecule has 1 atom stereocenters. The molecule has 0 aromatic heterocycles. The average Bonchev–Trinajstić information content (AvgIpc) is 2.62. The van der Waals surface area contributed by atoms with Gasteiger partial charge >= 0.3 is 5.97 Å². The molecule has 0 radical (unpaired) electrons. The third-order valence-electron chi connectivity index (χ3n) is 2.90. The molecule has 0 bridgehead atoms. The van der Waals surface area contributed by atoms with Crippen LogP contribution in [0.25, 0.3) is 0 Å². The third kappa shape index (κ3) is 1.99. The van der Waals surface area contributed by atoms with Gasteiger partial charge in [0.05, 0.1) is 0 Å². The van der Waals surface area contributed by atoms with Crippen LogP contribution < -0.4 is 10.6 Å². The molecule has 16 heavy (non-hydrogen) atoms. The lowest BCUT2D eigenvalue weighted by molar-refractivity contribution is -0.142. The maximum Gasteiger partial charge on any atom is 0.325 e. The van der Waals surface area contributed by atoms with Crippen LogP contribution in [0.3, 0.4) is 0 Å². The molecule has 3 N–H and O–H groups in total. The lowest BCUT2D eigenvalue weighted by atomic mass is 10.0. The van der Waals surface area contributed by atoms with Crippen molar-refractivity contribution in [3.05, 3.63) is 29.3 Å². The number of halogens is 1. The first-order valence-electron chi connectivity index (χ1n) is 5.04. The van der Waals surface area contributed by atoms with Crippen molar-refractivity contribution in [3.63, 3.8) is 0 Å². The van der Waals surface area contributed by atoms with Crippen molar-refractivity contribution in [1.29, 1.82) is 0 Å². The number of carbonyl (C=O) groups is 1. The van der Waals surface area contributed by atoms with Gasteiger partial charge < -0.3 is 15.7 Å². The minimum atomic E-state index is -1.14. The van der Waals surface area contributed by atoms with Crippen LogP contribution in [0.5, 0.6) is 0 Å². The average molecular weight is 241 g/mol. The standard InChI is InChI=1S/C11H13ClN2O2/c12-8-2-1-3-9(6-8)14-5-4-11(13,7-14)10(15)16/h1-3,6H,4-5,7,13H2,(H,15,16). The number of benzene rings is 1. The Hall–Kier alpha value is -1.26. The molecule has 4 nitrogen and oxygen atoms in total. The van der Waals surface area contributed by atoms with E-state index in [0.29, 0.717) is 24.5 Å². The second-order valence-electron chi connectivity index (χ2n) is 4.11. The molecule has 1 heterocycles. The third-order valence-corrected chi connectivity index (χ3v) is 3.14. The minimum absolute atomic E-state index is 0.322. The highest BCUT2D eigenvalue weighted by atomic mass is 35.5. The molecular weight excluding hydrogens is 228 g/mol. The van der Waals surface area contributed by atoms with Crippen LogP contribution in [0.4, 0.5) is 5.69 Å². The smallest absolute Gasteiger partial charge is 0.325 e. The van der Waals surface area contributed by atoms with E-state index in [4.69, 9.17) is 22.4 Å². The molecule has 1 fully saturated rings. The van der Waals surface area contributed by atoms with Crippen molar-refractivity contribution in [3.8, 4) is 0 Å². The summed E-state index contributed by atoms with van der Waals surface area (Å²) in [5.41, 5.74) is 5.57. The van der Waals surface area contributed by atoms with Crippen LogP contribution in [0.2, 0.25) is 5.02 Å². The van der Waals surface area contributed by atoms with Crippen LogP contribution in [0, 0.1) is 0 Å². The van der Waals surface area contributed by atoms with Crippen molar-refractivity contribution in [2.75, 3.05) is 18.0 Å². The number of anilines is 1. The summed E-state index contributed by atoms with van der Waals surface area (Å²) >= 11 is 5.88. The summed E-state index contributed by atoms with van der Waals surface area (Å²) in [4.78, 5) is 12.9. The Morgan fingerprint density at radius 3 is 2.88 bits per heavy atom. The summed E-state index contributed by atoms with van der Waals surface area (Å²) in [6.07, 6.45) is 0.453. The molecule has 0 spiro atoms. The normalized spacial score (nSPS) is 24.8. The fourth-order valence-corrected chi connectivity index (χ4v) is 2.09. The van der Waals surface area contributed by atoms with Crippen LogP contribution >= 0.6 is 11.6 Å². The molecule has 1 aliphatic rings. The highest BCUT2D eigenvalue weighted by molar-refractivity contribution is 6.30. The zero-order chi connectivity index (χ0) is 11.8. The predicted molar refractivity (Wildman–Crippen MR) is 62.8 cm³/mol. The maximum atomic E-state index is 11.0. The minimum Gasteiger partial charge on any atom is -0.480 e. The van der Waals surface area contributed by atoms with Crippen LogP contribution in [0.15, 0.2) is 24.3 Å². The first-order valence-corrected chi connectivity index (χ1v) is 5.42. The number of hydrogen-bond donors (Lipinski definition) is 2. The van der Waals surface area contributed by atoms with Crippen LogP contribution in [-0.4, -0.2) is 29.7 Å². The van der Waals surface area contributed by atoms with E-state index in [1.54, 1.807) is 6.07 Å². The molecule has 1 unspecified atom stereocenters. The van der Waals surface area contributed by atoms with E-state index in [1.165, 1.54) is 0 Å². The monoisotopic (exact) mass is 240 g/mol. The summed E-state index contributed by atoms with van der Waals surface area (Å²) in [7, 11) is 0. The second kappa shape index (κ2) is 3.96. The Bertz CT molecular complexity index is 424. The van der Waals surface area contributed by atoms with E-state index >= 15 is 0 Å². The van der Waals surface area contributed by atoms with Gasteiger partial charge in [-0.1, -0.05) is 17.7 Å². The Kier molecular flexibility index (Phi) is 2.78. The zero-order valence-corrected chi connectivity index (χ0v) is 9.44. The van der Waals surface area contributed by atoms with Gasteiger partial charge in [-0.05, 0) is 24.6 Å². The van der Waals surface area contributed by atoms with Gasteiger partial charge in [0.1, 0.15) is 5.54 Å². The molecule has 1 aliphatic heterocycles. The zero-order valence-electron chi connectivity index (χ0n) is 8.69. The SMILES string of the molecule is NC1(C(=O)O)CCN(c2cccc(Cl)c2)C1. The highest BCUT2D eigenvalue weighted by Crippen LogP contribution is 2.27. The first-order chi connectivity index (χ1) is 7.51. The fraction of sp³-hybridized carbons (Fsp3) is 0.364. The first kappa shape index (κ1) is 11.2. The molecule has 0 aliphatic carbocycles. The van der Waals surface area contributed by atoms with Gasteiger partial charge in [-0.3, -0.25) is 4.79 Å². The Labute approximate surface area is 98.6 Å². The fourth-order valence-electron chi connectivity index (χ4n) is 1.90. The second-order valence-corrected chi connectivity index (χ2v) is 4.55. The Balaban J connectivity index is 2.18. The molecule has 1 aromatic carbocycles. The van der Waals surface area contributed by atoms with E-state index < -0.39 is 11.5 Å². The molecule has 2 rings (SSSR count). The Morgan fingerprint density at radius 1 is 1.56 bits per heavy atom. The van der Waals surface area contributed by atoms with Gasteiger partial charge in [-0.25, -0.2) is 0 Å². The van der Waals surface area contributed by atoms with Gasteiger partial charge in [0, 0.05) is 23.8 Å². The van der Waals surface area contributed by atoms with Gasteiger partial charge in [0.25, 0.3) is 0 Å². The van der Waals surface area contributed by atoms with Crippen molar-refractivity contribution < 1.29 is 9.90 Å². The molecule has 5 heteroatoms. The van der Waals surface area contributed by atoms with Crippen LogP contribution in [0.1, 0.15) is 6.42 Å². The van der Waals surface area contributed by atoms with Crippen molar-refractivity contribution in [2.24, 2.45) is 5.73 Å². The number of nitrogens with two attached hydrogens (primary N) is 1. The highest BCUT2D eigenvalue weighted by Gasteiger charge is 2.41. The number of hydrogen-bond acceptors (Lipinski definition) is 3. The predicted octanol–water partition coefficient (Wildman–Crippen LogP) is 1.33. The number of rotatable bonds is 2. The molecular formula is C11H13ClN2O2.